The third-order valence-corrected chi connectivity index (χ3v) is 5.74. The Morgan fingerprint density at radius 1 is 0.938 bits per heavy atom. The van der Waals surface area contributed by atoms with E-state index < -0.39 is 23.7 Å². The first-order chi connectivity index (χ1) is 15.4. The number of amides is 1. The standard InChI is InChI=1S/C24H22FNO5S/c1-3-30-23(28)20-15(2)21(24(29)31-14-17-7-5-4-6-8-17)32-22(20)26-19(27)13-16-9-11-18(25)12-10-16/h4-12H,3,13-14H2,1-2H3,(H,26,27). The van der Waals surface area contributed by atoms with E-state index in [-0.39, 0.29) is 35.1 Å². The molecule has 0 radical (unpaired) electrons. The van der Waals surface area contributed by atoms with Crippen molar-refractivity contribution in [3.63, 3.8) is 0 Å². The van der Waals surface area contributed by atoms with Gasteiger partial charge in [-0.1, -0.05) is 42.5 Å². The first-order valence-electron chi connectivity index (χ1n) is 9.95. The number of benzene rings is 2. The Bertz CT molecular complexity index is 1110. The zero-order valence-electron chi connectivity index (χ0n) is 17.6. The number of rotatable bonds is 8. The van der Waals surface area contributed by atoms with E-state index in [0.717, 1.165) is 16.9 Å². The lowest BCUT2D eigenvalue weighted by molar-refractivity contribution is -0.115. The summed E-state index contributed by atoms with van der Waals surface area (Å²) in [5, 5.41) is 2.89. The van der Waals surface area contributed by atoms with E-state index in [4.69, 9.17) is 9.47 Å². The SMILES string of the molecule is CCOC(=O)c1c(NC(=O)Cc2ccc(F)cc2)sc(C(=O)OCc2ccccc2)c1C. The molecule has 3 rings (SSSR count). The van der Waals surface area contributed by atoms with Gasteiger partial charge in [0, 0.05) is 0 Å². The zero-order valence-corrected chi connectivity index (χ0v) is 18.5. The maximum atomic E-state index is 13.1. The minimum atomic E-state index is -0.638. The third-order valence-electron chi connectivity index (χ3n) is 4.56. The van der Waals surface area contributed by atoms with Crippen molar-refractivity contribution in [3.05, 3.63) is 87.5 Å². The van der Waals surface area contributed by atoms with Crippen molar-refractivity contribution in [2.24, 2.45) is 0 Å². The predicted octanol–water partition coefficient (Wildman–Crippen LogP) is 4.91. The van der Waals surface area contributed by atoms with Gasteiger partial charge in [-0.25, -0.2) is 14.0 Å². The molecule has 6 nitrogen and oxygen atoms in total. The van der Waals surface area contributed by atoms with Crippen molar-refractivity contribution in [2.75, 3.05) is 11.9 Å². The number of carbonyl (C=O) groups excluding carboxylic acids is 3. The van der Waals surface area contributed by atoms with Crippen molar-refractivity contribution in [1.29, 1.82) is 0 Å². The number of halogens is 1. The smallest absolute Gasteiger partial charge is 0.349 e. The van der Waals surface area contributed by atoms with Gasteiger partial charge >= 0.3 is 11.9 Å². The van der Waals surface area contributed by atoms with Crippen molar-refractivity contribution in [3.8, 4) is 0 Å². The lowest BCUT2D eigenvalue weighted by Gasteiger charge is -2.07. The highest BCUT2D eigenvalue weighted by molar-refractivity contribution is 7.18. The van der Waals surface area contributed by atoms with Crippen LogP contribution >= 0.6 is 11.3 Å². The van der Waals surface area contributed by atoms with Crippen LogP contribution in [0.3, 0.4) is 0 Å². The van der Waals surface area contributed by atoms with E-state index in [1.54, 1.807) is 13.8 Å². The maximum absolute atomic E-state index is 13.1. The fourth-order valence-electron chi connectivity index (χ4n) is 2.99. The zero-order chi connectivity index (χ0) is 23.1. The number of ether oxygens (including phenoxy) is 2. The van der Waals surface area contributed by atoms with E-state index in [1.165, 1.54) is 24.3 Å². The molecule has 0 spiro atoms. The largest absolute Gasteiger partial charge is 0.462 e. The summed E-state index contributed by atoms with van der Waals surface area (Å²) in [6.07, 6.45) is -0.0206. The molecule has 0 aliphatic heterocycles. The summed E-state index contributed by atoms with van der Waals surface area (Å²) >= 11 is 0.958. The predicted molar refractivity (Wildman–Crippen MR) is 119 cm³/mol. The second kappa shape index (κ2) is 10.7. The Morgan fingerprint density at radius 2 is 1.62 bits per heavy atom. The number of esters is 2. The fraction of sp³-hybridized carbons (Fsp3) is 0.208. The van der Waals surface area contributed by atoms with Crippen molar-refractivity contribution in [2.45, 2.75) is 26.9 Å². The van der Waals surface area contributed by atoms with E-state index in [1.807, 2.05) is 30.3 Å². The van der Waals surface area contributed by atoms with Crippen molar-refractivity contribution >= 4 is 34.2 Å². The molecule has 0 saturated carbocycles. The molecule has 0 aliphatic carbocycles. The molecule has 0 unspecified atom stereocenters. The summed E-state index contributed by atoms with van der Waals surface area (Å²) in [5.74, 6) is -2.04. The molecule has 0 aliphatic rings. The molecule has 1 aromatic heterocycles. The van der Waals surface area contributed by atoms with Crippen LogP contribution in [0.25, 0.3) is 0 Å². The number of nitrogens with one attached hydrogen (secondary N) is 1. The van der Waals surface area contributed by atoms with E-state index in [0.29, 0.717) is 11.1 Å². The molecule has 0 bridgehead atoms. The number of hydrogen-bond donors (Lipinski definition) is 1. The van der Waals surface area contributed by atoms with Crippen LogP contribution in [0.1, 0.15) is 43.6 Å². The van der Waals surface area contributed by atoms with Gasteiger partial charge in [-0.05, 0) is 42.7 Å². The average Bonchev–Trinajstić information content (AvgIpc) is 3.10. The third kappa shape index (κ3) is 5.79. The monoisotopic (exact) mass is 455 g/mol. The Balaban J connectivity index is 1.80. The molecule has 32 heavy (non-hydrogen) atoms. The van der Waals surface area contributed by atoms with Gasteiger partial charge in [0.15, 0.2) is 0 Å². The normalized spacial score (nSPS) is 10.5. The van der Waals surface area contributed by atoms with Gasteiger partial charge in [0.1, 0.15) is 22.3 Å². The lowest BCUT2D eigenvalue weighted by atomic mass is 10.1. The van der Waals surface area contributed by atoms with Crippen LogP contribution in [0, 0.1) is 12.7 Å². The second-order valence-corrected chi connectivity index (χ2v) is 7.91. The molecular formula is C24H22FNO5S. The number of carbonyl (C=O) groups is 3. The van der Waals surface area contributed by atoms with Crippen LogP contribution in [0.15, 0.2) is 54.6 Å². The molecule has 2 aromatic carbocycles. The Morgan fingerprint density at radius 3 is 2.28 bits per heavy atom. The number of anilines is 1. The van der Waals surface area contributed by atoms with Gasteiger partial charge in [0.25, 0.3) is 0 Å². The summed E-state index contributed by atoms with van der Waals surface area (Å²) in [6.45, 7) is 3.50. The van der Waals surface area contributed by atoms with Gasteiger partial charge in [-0.3, -0.25) is 4.79 Å². The van der Waals surface area contributed by atoms with E-state index in [2.05, 4.69) is 5.32 Å². The van der Waals surface area contributed by atoms with Crippen LogP contribution in [0.4, 0.5) is 9.39 Å². The number of hydrogen-bond acceptors (Lipinski definition) is 6. The first-order valence-corrected chi connectivity index (χ1v) is 10.8. The Hall–Kier alpha value is -3.52. The van der Waals surface area contributed by atoms with Crippen LogP contribution in [-0.4, -0.2) is 24.5 Å². The molecule has 1 amide bonds. The van der Waals surface area contributed by atoms with Crippen molar-refractivity contribution in [1.82, 2.24) is 0 Å². The minimum Gasteiger partial charge on any atom is -0.462 e. The summed E-state index contributed by atoms with van der Waals surface area (Å²) in [5.41, 5.74) is 1.94. The van der Waals surface area contributed by atoms with Crippen LogP contribution in [0.2, 0.25) is 0 Å². The Kier molecular flexibility index (Phi) is 7.72. The van der Waals surface area contributed by atoms with Crippen molar-refractivity contribution < 1.29 is 28.2 Å². The highest BCUT2D eigenvalue weighted by Gasteiger charge is 2.27. The van der Waals surface area contributed by atoms with Gasteiger partial charge in [0.2, 0.25) is 5.91 Å². The fourth-order valence-corrected chi connectivity index (χ4v) is 4.10. The van der Waals surface area contributed by atoms with Gasteiger partial charge in [0.05, 0.1) is 18.6 Å². The quantitative estimate of drug-likeness (QED) is 0.488. The minimum absolute atomic E-state index is 0.0206. The number of thiophene rings is 1. The van der Waals surface area contributed by atoms with E-state index >= 15 is 0 Å². The first kappa shape index (κ1) is 23.1. The Labute approximate surface area is 189 Å². The summed E-state index contributed by atoms with van der Waals surface area (Å²) in [4.78, 5) is 37.9. The molecule has 0 saturated heterocycles. The highest BCUT2D eigenvalue weighted by atomic mass is 32.1. The van der Waals surface area contributed by atoms with Crippen LogP contribution in [0.5, 0.6) is 0 Å². The lowest BCUT2D eigenvalue weighted by Crippen LogP contribution is -2.16. The molecular weight excluding hydrogens is 433 g/mol. The second-order valence-electron chi connectivity index (χ2n) is 6.89. The molecule has 3 aromatic rings. The molecule has 8 heteroatoms. The maximum Gasteiger partial charge on any atom is 0.349 e. The molecule has 0 atom stereocenters. The van der Waals surface area contributed by atoms with Crippen LogP contribution in [-0.2, 0) is 27.3 Å². The molecule has 1 heterocycles. The molecule has 1 N–H and O–H groups in total. The highest BCUT2D eigenvalue weighted by Crippen LogP contribution is 2.34. The topological polar surface area (TPSA) is 81.7 Å². The van der Waals surface area contributed by atoms with Gasteiger partial charge in [-0.2, -0.15) is 0 Å². The molecule has 166 valence electrons. The van der Waals surface area contributed by atoms with Gasteiger partial charge < -0.3 is 14.8 Å². The summed E-state index contributed by atoms with van der Waals surface area (Å²) in [7, 11) is 0. The van der Waals surface area contributed by atoms with Crippen LogP contribution < -0.4 is 5.32 Å². The summed E-state index contributed by atoms with van der Waals surface area (Å²) in [6, 6.07) is 14.8. The van der Waals surface area contributed by atoms with E-state index in [9.17, 15) is 18.8 Å². The summed E-state index contributed by atoms with van der Waals surface area (Å²) < 4.78 is 23.6. The average molecular weight is 456 g/mol. The molecule has 0 fully saturated rings. The van der Waals surface area contributed by atoms with Gasteiger partial charge in [-0.15, -0.1) is 11.3 Å².